The van der Waals surface area contributed by atoms with Crippen LogP contribution in [0.5, 0.6) is 0 Å². The van der Waals surface area contributed by atoms with Crippen molar-refractivity contribution in [3.63, 3.8) is 0 Å². The molecule has 11 nitrogen and oxygen atoms in total. The minimum Gasteiger partial charge on any atom is -0.462 e. The second kappa shape index (κ2) is 58.3. The number of hydrogen-bond acceptors (Lipinski definition) is 10. The molecule has 0 aromatic carbocycles. The van der Waals surface area contributed by atoms with Gasteiger partial charge in [-0.15, -0.1) is 0 Å². The summed E-state index contributed by atoms with van der Waals surface area (Å²) in [5.41, 5.74) is 0. The van der Waals surface area contributed by atoms with Gasteiger partial charge in [0.25, 0.3) is 0 Å². The third-order valence-electron chi connectivity index (χ3n) is 13.4. The Hall–Kier alpha value is -2.82. The van der Waals surface area contributed by atoms with Gasteiger partial charge in [-0.05, 0) is 83.5 Å². The number of unbranched alkanes of at least 4 members (excludes halogenated alkanes) is 31. The number of phosphoric ester groups is 1. The van der Waals surface area contributed by atoms with E-state index in [1.54, 1.807) is 0 Å². The van der Waals surface area contributed by atoms with E-state index < -0.39 is 57.8 Å². The van der Waals surface area contributed by atoms with Crippen molar-refractivity contribution < 1.29 is 52.2 Å². The molecule has 0 aromatic rings. The lowest BCUT2D eigenvalue weighted by molar-refractivity contribution is -0.161. The molecule has 3 unspecified atom stereocenters. The number of carbonyl (C=O) groups is 3. The van der Waals surface area contributed by atoms with Crippen molar-refractivity contribution in [3.05, 3.63) is 60.8 Å². The number of allylic oxidation sites excluding steroid dienone is 10. The van der Waals surface area contributed by atoms with Crippen molar-refractivity contribution in [2.24, 2.45) is 0 Å². The van der Waals surface area contributed by atoms with Crippen molar-refractivity contribution in [2.45, 2.75) is 303 Å². The highest BCUT2D eigenvalue weighted by Gasteiger charge is 2.28. The van der Waals surface area contributed by atoms with Gasteiger partial charge in [-0.3, -0.25) is 23.4 Å². The first kappa shape index (κ1) is 73.2. The summed E-state index contributed by atoms with van der Waals surface area (Å²) in [5, 5.41) is 9.84. The third kappa shape index (κ3) is 55.9. The average Bonchev–Trinajstić information content (AvgIpc) is 3.41. The van der Waals surface area contributed by atoms with E-state index in [4.69, 9.17) is 23.3 Å². The van der Waals surface area contributed by atoms with Gasteiger partial charge in [0.05, 0.1) is 19.8 Å². The highest BCUT2D eigenvalue weighted by Crippen LogP contribution is 2.43. The predicted octanol–water partition coefficient (Wildman–Crippen LogP) is 18.7. The van der Waals surface area contributed by atoms with Crippen molar-refractivity contribution in [3.8, 4) is 0 Å². The molecule has 0 saturated heterocycles. The Morgan fingerprint density at radius 2 is 0.671 bits per heavy atom. The van der Waals surface area contributed by atoms with Crippen LogP contribution >= 0.6 is 7.82 Å². The largest absolute Gasteiger partial charge is 0.472 e. The highest BCUT2D eigenvalue weighted by molar-refractivity contribution is 7.47. The SMILES string of the molecule is CCC/C=C\C/C=C\CCCCCCCC(=O)OCC(COP(=O)(O)OCC(CO)OC(=O)CCCCCCCCCCCCCCCCCCC)OC(=O)CCCCCCCC/C=C\C/C=C\C/C=C\CCCCC. The van der Waals surface area contributed by atoms with Crippen LogP contribution in [0.2, 0.25) is 0 Å². The summed E-state index contributed by atoms with van der Waals surface area (Å²) in [4.78, 5) is 48.6. The summed E-state index contributed by atoms with van der Waals surface area (Å²) in [7, 11) is -4.76. The molecule has 2 N–H and O–H groups in total. The van der Waals surface area contributed by atoms with Crippen LogP contribution in [0, 0.1) is 0 Å². The van der Waals surface area contributed by atoms with Gasteiger partial charge < -0.3 is 24.2 Å². The summed E-state index contributed by atoms with van der Waals surface area (Å²) >= 11 is 0. The van der Waals surface area contributed by atoms with Gasteiger partial charge in [0.2, 0.25) is 0 Å². The lowest BCUT2D eigenvalue weighted by atomic mass is 10.0. The van der Waals surface area contributed by atoms with Gasteiger partial charge in [-0.2, -0.15) is 0 Å². The molecule has 0 saturated carbocycles. The topological polar surface area (TPSA) is 155 Å². The lowest BCUT2D eigenvalue weighted by Gasteiger charge is -2.21. The van der Waals surface area contributed by atoms with Crippen LogP contribution < -0.4 is 0 Å². The maximum absolute atomic E-state index is 12.9. The summed E-state index contributed by atoms with van der Waals surface area (Å²) in [5.74, 6) is -1.48. The fourth-order valence-corrected chi connectivity index (χ4v) is 9.42. The molecule has 0 spiro atoms. The molecule has 3 atom stereocenters. The van der Waals surface area contributed by atoms with Gasteiger partial charge in [0.1, 0.15) is 12.7 Å². The second-order valence-corrected chi connectivity index (χ2v) is 22.3. The van der Waals surface area contributed by atoms with E-state index in [2.05, 4.69) is 81.5 Å². The molecule has 442 valence electrons. The maximum Gasteiger partial charge on any atom is 0.472 e. The van der Waals surface area contributed by atoms with Crippen molar-refractivity contribution >= 4 is 25.7 Å². The molecular weight excluding hydrogens is 976 g/mol. The summed E-state index contributed by atoms with van der Waals surface area (Å²) in [6.45, 7) is 4.57. The zero-order chi connectivity index (χ0) is 55.5. The van der Waals surface area contributed by atoms with Crippen LogP contribution in [0.4, 0.5) is 0 Å². The van der Waals surface area contributed by atoms with E-state index in [1.165, 1.54) is 116 Å². The van der Waals surface area contributed by atoms with E-state index >= 15 is 0 Å². The number of phosphoric acid groups is 1. The van der Waals surface area contributed by atoms with Gasteiger partial charge in [0, 0.05) is 19.3 Å². The van der Waals surface area contributed by atoms with Crippen LogP contribution in [0.25, 0.3) is 0 Å². The van der Waals surface area contributed by atoms with Crippen molar-refractivity contribution in [2.75, 3.05) is 26.4 Å². The summed E-state index contributed by atoms with van der Waals surface area (Å²) in [6.07, 6.45) is 64.5. The molecule has 0 heterocycles. The van der Waals surface area contributed by atoms with Crippen LogP contribution in [0.1, 0.15) is 290 Å². The van der Waals surface area contributed by atoms with Gasteiger partial charge in [-0.25, -0.2) is 4.57 Å². The molecule has 0 aliphatic heterocycles. The second-order valence-electron chi connectivity index (χ2n) is 20.9. The first-order valence-electron chi connectivity index (χ1n) is 31.2. The van der Waals surface area contributed by atoms with Crippen molar-refractivity contribution in [1.82, 2.24) is 0 Å². The van der Waals surface area contributed by atoms with E-state index in [-0.39, 0.29) is 25.9 Å². The Kier molecular flexibility index (Phi) is 56.2. The fourth-order valence-electron chi connectivity index (χ4n) is 8.64. The number of hydrogen-bond donors (Lipinski definition) is 2. The summed E-state index contributed by atoms with van der Waals surface area (Å²) < 4.78 is 39.6. The quantitative estimate of drug-likeness (QED) is 0.0197. The normalized spacial score (nSPS) is 13.7. The molecule has 0 rings (SSSR count). The molecule has 0 aliphatic carbocycles. The average molecular weight is 1090 g/mol. The monoisotopic (exact) mass is 1090 g/mol. The molecule has 0 fully saturated rings. The number of rotatable bonds is 58. The van der Waals surface area contributed by atoms with Crippen LogP contribution in [-0.2, 0) is 42.2 Å². The number of aliphatic hydroxyl groups is 1. The molecule has 76 heavy (non-hydrogen) atoms. The van der Waals surface area contributed by atoms with Crippen LogP contribution in [-0.4, -0.2) is 66.5 Å². The first-order valence-corrected chi connectivity index (χ1v) is 32.7. The molecule has 12 heteroatoms. The fraction of sp³-hybridized carbons (Fsp3) is 0.797. The Morgan fingerprint density at radius 1 is 0.368 bits per heavy atom. The predicted molar refractivity (Wildman–Crippen MR) is 316 cm³/mol. The molecule has 0 amide bonds. The summed E-state index contributed by atoms with van der Waals surface area (Å²) in [6, 6.07) is 0. The number of aliphatic hydroxyl groups excluding tert-OH is 1. The Labute approximate surface area is 465 Å². The molecular formula is C64H115O11P. The number of carbonyl (C=O) groups excluding carboxylic acids is 3. The minimum atomic E-state index is -4.76. The van der Waals surface area contributed by atoms with E-state index in [1.807, 2.05) is 0 Å². The Morgan fingerprint density at radius 3 is 1.07 bits per heavy atom. The van der Waals surface area contributed by atoms with Gasteiger partial charge in [0.15, 0.2) is 6.10 Å². The van der Waals surface area contributed by atoms with E-state index in [9.17, 15) is 28.9 Å². The molecule has 0 radical (unpaired) electrons. The van der Waals surface area contributed by atoms with Gasteiger partial charge >= 0.3 is 25.7 Å². The smallest absolute Gasteiger partial charge is 0.462 e. The Balaban J connectivity index is 4.69. The zero-order valence-electron chi connectivity index (χ0n) is 49.0. The molecule has 0 bridgehead atoms. The number of esters is 3. The Bertz CT molecular complexity index is 1510. The van der Waals surface area contributed by atoms with Crippen LogP contribution in [0.3, 0.4) is 0 Å². The highest BCUT2D eigenvalue weighted by atomic mass is 31.2. The first-order chi connectivity index (χ1) is 37.2. The standard InChI is InChI=1S/C64H115O11P/c1-4-7-10-13-16-19-22-25-27-29-30-32-34-37-40-43-46-49-52-55-64(68)75-61(57-71-62(66)53-50-47-44-41-38-35-24-21-18-15-12-9-6-3)59-73-76(69,70)72-58-60(56-65)74-63(67)54-51-48-45-42-39-36-33-31-28-26-23-20-17-14-11-8-5-2/h12,15-16,19,21,24-25,27,30,32,60-61,65H,4-11,13-14,17-18,20,22-23,26,28-29,31,33-59H2,1-3H3,(H,69,70)/b15-12-,19-16-,24-21-,27-25-,32-30-. The molecule has 0 aromatic heterocycles. The van der Waals surface area contributed by atoms with Crippen LogP contribution in [0.15, 0.2) is 60.8 Å². The van der Waals surface area contributed by atoms with Crippen molar-refractivity contribution in [1.29, 1.82) is 0 Å². The zero-order valence-corrected chi connectivity index (χ0v) is 49.9. The third-order valence-corrected chi connectivity index (χ3v) is 14.3. The maximum atomic E-state index is 12.9. The lowest BCUT2D eigenvalue weighted by Crippen LogP contribution is -2.30. The van der Waals surface area contributed by atoms with E-state index in [0.29, 0.717) is 19.3 Å². The number of ether oxygens (including phenoxy) is 3. The minimum absolute atomic E-state index is 0.150. The van der Waals surface area contributed by atoms with E-state index in [0.717, 1.165) is 116 Å². The van der Waals surface area contributed by atoms with Gasteiger partial charge in [-0.1, -0.05) is 248 Å². The molecule has 0 aliphatic rings.